The number of halogens is 1. The number of nitrogens with zero attached hydrogens (tertiary/aromatic N) is 2. The third-order valence-electron chi connectivity index (χ3n) is 6.50. The quantitative estimate of drug-likeness (QED) is 0.335. The maximum atomic E-state index is 14.0. The summed E-state index contributed by atoms with van der Waals surface area (Å²) in [6.07, 6.45) is 0.366. The molecule has 9 heteroatoms. The van der Waals surface area contributed by atoms with E-state index in [1.165, 1.54) is 17.0 Å². The number of hydrogen-bond acceptors (Lipinski definition) is 4. The molecule has 7 nitrogen and oxygen atoms in total. The summed E-state index contributed by atoms with van der Waals surface area (Å²) in [6.45, 7) is 9.35. The molecule has 3 aromatic rings. The van der Waals surface area contributed by atoms with Gasteiger partial charge in [-0.3, -0.25) is 13.9 Å². The third kappa shape index (κ3) is 7.40. The van der Waals surface area contributed by atoms with E-state index in [2.05, 4.69) is 5.32 Å². The molecule has 0 fully saturated rings. The molecule has 0 saturated heterocycles. The van der Waals surface area contributed by atoms with Gasteiger partial charge in [0.1, 0.15) is 12.6 Å². The van der Waals surface area contributed by atoms with E-state index in [0.717, 1.165) is 26.6 Å². The predicted molar refractivity (Wildman–Crippen MR) is 156 cm³/mol. The molecule has 1 N–H and O–H groups in total. The van der Waals surface area contributed by atoms with Crippen LogP contribution >= 0.6 is 11.6 Å². The highest BCUT2D eigenvalue weighted by molar-refractivity contribution is 7.92. The number of nitrogens with one attached hydrogen (secondary N) is 1. The van der Waals surface area contributed by atoms with E-state index < -0.39 is 28.5 Å². The van der Waals surface area contributed by atoms with E-state index in [1.54, 1.807) is 30.3 Å². The second kappa shape index (κ2) is 13.1. The summed E-state index contributed by atoms with van der Waals surface area (Å²) in [5.74, 6) is -0.783. The molecule has 0 radical (unpaired) electrons. The normalized spacial score (nSPS) is 12.1. The molecule has 0 saturated carbocycles. The largest absolute Gasteiger partial charge is 0.355 e. The van der Waals surface area contributed by atoms with Gasteiger partial charge in [-0.2, -0.15) is 0 Å². The van der Waals surface area contributed by atoms with Crippen LogP contribution in [0.25, 0.3) is 0 Å². The Morgan fingerprint density at radius 3 is 2.21 bits per heavy atom. The smallest absolute Gasteiger partial charge is 0.264 e. The number of sulfonamides is 1. The molecule has 0 heterocycles. The molecule has 3 rings (SSSR count). The zero-order valence-corrected chi connectivity index (χ0v) is 24.6. The fourth-order valence-electron chi connectivity index (χ4n) is 4.32. The Hall–Kier alpha value is -3.36. The number of amides is 2. The van der Waals surface area contributed by atoms with Crippen molar-refractivity contribution in [3.8, 4) is 0 Å². The van der Waals surface area contributed by atoms with Gasteiger partial charge in [-0.05, 0) is 69.5 Å². The Kier molecular flexibility index (Phi) is 10.2. The zero-order chi connectivity index (χ0) is 28.7. The van der Waals surface area contributed by atoms with Crippen molar-refractivity contribution in [3.63, 3.8) is 0 Å². The molecule has 0 bridgehead atoms. The second-order valence-corrected chi connectivity index (χ2v) is 11.9. The zero-order valence-electron chi connectivity index (χ0n) is 23.1. The van der Waals surface area contributed by atoms with Crippen LogP contribution in [0.4, 0.5) is 5.69 Å². The fourth-order valence-corrected chi connectivity index (χ4v) is 5.90. The number of rotatable bonds is 11. The molecule has 1 atom stereocenters. The van der Waals surface area contributed by atoms with Crippen LogP contribution in [-0.4, -0.2) is 44.3 Å². The molecular weight excluding hydrogens is 534 g/mol. The Bertz CT molecular complexity index is 1420. The van der Waals surface area contributed by atoms with Gasteiger partial charge < -0.3 is 10.2 Å². The number of hydrogen-bond donors (Lipinski definition) is 1. The molecule has 2 amide bonds. The van der Waals surface area contributed by atoms with Crippen molar-refractivity contribution in [2.45, 2.75) is 58.5 Å². The highest BCUT2D eigenvalue weighted by atomic mass is 35.5. The van der Waals surface area contributed by atoms with Gasteiger partial charge in [-0.25, -0.2) is 8.42 Å². The first-order chi connectivity index (χ1) is 18.5. The minimum atomic E-state index is -4.14. The monoisotopic (exact) mass is 569 g/mol. The average molecular weight is 570 g/mol. The van der Waals surface area contributed by atoms with Crippen LogP contribution in [0.5, 0.6) is 0 Å². The highest BCUT2D eigenvalue weighted by Crippen LogP contribution is 2.29. The van der Waals surface area contributed by atoms with Crippen LogP contribution in [-0.2, 0) is 26.2 Å². The van der Waals surface area contributed by atoms with E-state index >= 15 is 0 Å². The van der Waals surface area contributed by atoms with Gasteiger partial charge in [-0.15, -0.1) is 0 Å². The Balaban J connectivity index is 2.09. The van der Waals surface area contributed by atoms with Gasteiger partial charge in [0.2, 0.25) is 11.8 Å². The van der Waals surface area contributed by atoms with Gasteiger partial charge in [0.05, 0.1) is 10.6 Å². The number of aryl methyl sites for hydroxylation is 3. The third-order valence-corrected chi connectivity index (χ3v) is 8.70. The lowest BCUT2D eigenvalue weighted by atomic mass is 10.1. The van der Waals surface area contributed by atoms with Gasteiger partial charge in [-0.1, -0.05) is 72.1 Å². The molecule has 0 aliphatic heterocycles. The number of carbonyl (C=O) groups excluding carboxylic acids is 2. The molecule has 1 unspecified atom stereocenters. The van der Waals surface area contributed by atoms with Crippen molar-refractivity contribution in [1.82, 2.24) is 10.2 Å². The Labute approximate surface area is 236 Å². The standard InChI is InChI=1S/C30H36ClN3O4S/c1-6-28(30(36)32-7-2)33(19-24-10-8-9-22(4)17-24)29(35)20-34(25-14-13-23(5)27(31)18-25)39(37,38)26-15-11-21(3)12-16-26/h8-18,28H,6-7,19-20H2,1-5H3,(H,32,36). The molecule has 208 valence electrons. The summed E-state index contributed by atoms with van der Waals surface area (Å²) in [6, 6.07) is 18.3. The molecule has 3 aromatic carbocycles. The molecule has 0 spiro atoms. The van der Waals surface area contributed by atoms with Crippen LogP contribution in [0.1, 0.15) is 42.5 Å². The summed E-state index contributed by atoms with van der Waals surface area (Å²) in [4.78, 5) is 28.5. The molecular formula is C30H36ClN3O4S. The fraction of sp³-hybridized carbons (Fsp3) is 0.333. The van der Waals surface area contributed by atoms with Gasteiger partial charge in [0.15, 0.2) is 0 Å². The minimum absolute atomic E-state index is 0.0543. The van der Waals surface area contributed by atoms with E-state index in [-0.39, 0.29) is 23.0 Å². The summed E-state index contributed by atoms with van der Waals surface area (Å²) >= 11 is 6.38. The van der Waals surface area contributed by atoms with Gasteiger partial charge in [0, 0.05) is 18.1 Å². The lowest BCUT2D eigenvalue weighted by Crippen LogP contribution is -2.52. The van der Waals surface area contributed by atoms with Crippen LogP contribution < -0.4 is 9.62 Å². The SMILES string of the molecule is CCNC(=O)C(CC)N(Cc1cccc(C)c1)C(=O)CN(c1ccc(C)c(Cl)c1)S(=O)(=O)c1ccc(C)cc1. The van der Waals surface area contributed by atoms with Crippen molar-refractivity contribution in [2.24, 2.45) is 0 Å². The first-order valence-corrected chi connectivity index (χ1v) is 14.8. The number of anilines is 1. The topological polar surface area (TPSA) is 86.8 Å². The molecule has 0 aliphatic rings. The summed E-state index contributed by atoms with van der Waals surface area (Å²) in [5.41, 5.74) is 3.82. The minimum Gasteiger partial charge on any atom is -0.355 e. The number of likely N-dealkylation sites (N-methyl/N-ethyl adjacent to an activating group) is 1. The van der Waals surface area contributed by atoms with E-state index in [1.807, 2.05) is 58.9 Å². The number of carbonyl (C=O) groups is 2. The molecule has 0 aliphatic carbocycles. The van der Waals surface area contributed by atoms with Crippen LogP contribution in [0.15, 0.2) is 71.6 Å². The maximum Gasteiger partial charge on any atom is 0.264 e. The molecule has 0 aromatic heterocycles. The Morgan fingerprint density at radius 1 is 0.923 bits per heavy atom. The maximum absolute atomic E-state index is 14.0. The van der Waals surface area contributed by atoms with Crippen LogP contribution in [0.2, 0.25) is 5.02 Å². The van der Waals surface area contributed by atoms with Crippen molar-refractivity contribution < 1.29 is 18.0 Å². The molecule has 39 heavy (non-hydrogen) atoms. The van der Waals surface area contributed by atoms with Crippen LogP contribution in [0.3, 0.4) is 0 Å². The van der Waals surface area contributed by atoms with E-state index in [0.29, 0.717) is 18.0 Å². The first-order valence-electron chi connectivity index (χ1n) is 13.0. The van der Waals surface area contributed by atoms with Crippen molar-refractivity contribution >= 4 is 39.1 Å². The Morgan fingerprint density at radius 2 is 1.62 bits per heavy atom. The summed E-state index contributed by atoms with van der Waals surface area (Å²) in [5, 5.41) is 3.19. The second-order valence-electron chi connectivity index (χ2n) is 9.59. The van der Waals surface area contributed by atoms with Crippen molar-refractivity contribution in [1.29, 1.82) is 0 Å². The van der Waals surface area contributed by atoms with Crippen LogP contribution in [0, 0.1) is 20.8 Å². The van der Waals surface area contributed by atoms with Crippen molar-refractivity contribution in [2.75, 3.05) is 17.4 Å². The average Bonchev–Trinajstić information content (AvgIpc) is 2.89. The summed E-state index contributed by atoms with van der Waals surface area (Å²) < 4.78 is 28.9. The van der Waals surface area contributed by atoms with E-state index in [4.69, 9.17) is 11.6 Å². The first kappa shape index (κ1) is 30.2. The lowest BCUT2D eigenvalue weighted by molar-refractivity contribution is -0.140. The lowest BCUT2D eigenvalue weighted by Gasteiger charge is -2.33. The van der Waals surface area contributed by atoms with E-state index in [9.17, 15) is 18.0 Å². The van der Waals surface area contributed by atoms with Gasteiger partial charge >= 0.3 is 0 Å². The number of benzene rings is 3. The van der Waals surface area contributed by atoms with Gasteiger partial charge in [0.25, 0.3) is 10.0 Å². The summed E-state index contributed by atoms with van der Waals surface area (Å²) in [7, 11) is -4.14. The predicted octanol–water partition coefficient (Wildman–Crippen LogP) is 5.40. The van der Waals surface area contributed by atoms with Crippen molar-refractivity contribution in [3.05, 3.63) is 94.0 Å². The highest BCUT2D eigenvalue weighted by Gasteiger charge is 2.33.